The van der Waals surface area contributed by atoms with Gasteiger partial charge < -0.3 is 29.8 Å². The standard InChI is InChI=1S/C33H55NO6/c1-22(2)26(16-25-8-9-31(38-6)32(18-25)39-15-7-14-37-5)19-28(34)30(36)20-27(23(3)4)29(35)17-24-10-12-33(13-11-24)21-40-33/h8-9,18,22-24,26-28,30,36H,7,10-17,19-21,34H2,1-6H3/t24?,26?,27?,28-,30-,33?/m0/s1. The van der Waals surface area contributed by atoms with Gasteiger partial charge in [0, 0.05) is 38.5 Å². The summed E-state index contributed by atoms with van der Waals surface area (Å²) in [7, 11) is 3.34. The number of carbonyl (C=O) groups is 1. The normalized spacial score (nSPS) is 23.7. The molecule has 4 atom stereocenters. The summed E-state index contributed by atoms with van der Waals surface area (Å²) >= 11 is 0. The van der Waals surface area contributed by atoms with E-state index in [4.69, 9.17) is 24.7 Å². The first-order chi connectivity index (χ1) is 19.1. The van der Waals surface area contributed by atoms with Gasteiger partial charge in [0.15, 0.2) is 11.5 Å². The van der Waals surface area contributed by atoms with Crippen molar-refractivity contribution in [1.29, 1.82) is 0 Å². The monoisotopic (exact) mass is 561 g/mol. The lowest BCUT2D eigenvalue weighted by molar-refractivity contribution is -0.126. The van der Waals surface area contributed by atoms with Crippen molar-refractivity contribution in [1.82, 2.24) is 0 Å². The largest absolute Gasteiger partial charge is 0.493 e. The number of nitrogens with two attached hydrogens (primary N) is 1. The third kappa shape index (κ3) is 9.71. The average Bonchev–Trinajstić information content (AvgIpc) is 3.69. The number of aliphatic hydroxyl groups is 1. The highest BCUT2D eigenvalue weighted by Gasteiger charge is 2.47. The van der Waals surface area contributed by atoms with E-state index in [0.717, 1.165) is 56.4 Å². The molecule has 228 valence electrons. The molecule has 3 N–H and O–H groups in total. The molecule has 0 bridgehead atoms. The molecule has 1 saturated carbocycles. The van der Waals surface area contributed by atoms with Crippen molar-refractivity contribution in [2.45, 2.75) is 103 Å². The van der Waals surface area contributed by atoms with Gasteiger partial charge in [0.05, 0.1) is 32.0 Å². The van der Waals surface area contributed by atoms with E-state index in [1.165, 1.54) is 0 Å². The van der Waals surface area contributed by atoms with Gasteiger partial charge in [-0.25, -0.2) is 0 Å². The predicted octanol–water partition coefficient (Wildman–Crippen LogP) is 5.58. The number of rotatable bonds is 18. The molecular weight excluding hydrogens is 506 g/mol. The lowest BCUT2D eigenvalue weighted by Crippen LogP contribution is -2.41. The summed E-state index contributed by atoms with van der Waals surface area (Å²) in [5, 5.41) is 11.2. The summed E-state index contributed by atoms with van der Waals surface area (Å²) in [6, 6.07) is 5.70. The number of methoxy groups -OCH3 is 2. The van der Waals surface area contributed by atoms with Gasteiger partial charge in [-0.1, -0.05) is 33.8 Å². The second-order valence-corrected chi connectivity index (χ2v) is 13.0. The zero-order valence-electron chi connectivity index (χ0n) is 25.8. The van der Waals surface area contributed by atoms with Gasteiger partial charge in [0.25, 0.3) is 0 Å². The Labute approximate surface area is 242 Å². The predicted molar refractivity (Wildman–Crippen MR) is 159 cm³/mol. The lowest BCUT2D eigenvalue weighted by atomic mass is 9.75. The van der Waals surface area contributed by atoms with Crippen LogP contribution in [0.3, 0.4) is 0 Å². The molecule has 7 heteroatoms. The molecule has 1 aliphatic carbocycles. The summed E-state index contributed by atoms with van der Waals surface area (Å²) in [5.74, 6) is 2.87. The number of carbonyl (C=O) groups excluding carboxylic acids is 1. The van der Waals surface area contributed by atoms with Gasteiger partial charge >= 0.3 is 0 Å². The van der Waals surface area contributed by atoms with Gasteiger partial charge in [-0.3, -0.25) is 4.79 Å². The van der Waals surface area contributed by atoms with Crippen molar-refractivity contribution in [3.05, 3.63) is 23.8 Å². The summed E-state index contributed by atoms with van der Waals surface area (Å²) in [4.78, 5) is 13.3. The Morgan fingerprint density at radius 2 is 1.77 bits per heavy atom. The van der Waals surface area contributed by atoms with Gasteiger partial charge in [0.2, 0.25) is 0 Å². The fraction of sp³-hybridized carbons (Fsp3) is 0.788. The fourth-order valence-electron chi connectivity index (χ4n) is 6.19. The van der Waals surface area contributed by atoms with Gasteiger partial charge in [-0.05, 0) is 86.3 Å². The Hall–Kier alpha value is -1.67. The van der Waals surface area contributed by atoms with Crippen LogP contribution in [0.25, 0.3) is 0 Å². The SMILES string of the molecule is COCCCOc1cc(CC(C[C@H](N)[C@@H](O)CC(C(=O)CC2CCC3(CC2)CO3)C(C)C)C(C)C)ccc1OC. The molecule has 3 rings (SSSR count). The van der Waals surface area contributed by atoms with Crippen LogP contribution < -0.4 is 15.2 Å². The Morgan fingerprint density at radius 1 is 1.07 bits per heavy atom. The summed E-state index contributed by atoms with van der Waals surface area (Å²) in [5.41, 5.74) is 7.92. The molecule has 1 heterocycles. The number of ether oxygens (including phenoxy) is 4. The van der Waals surface area contributed by atoms with E-state index in [1.807, 2.05) is 6.07 Å². The molecule has 2 unspecified atom stereocenters. The first kappa shape index (κ1) is 32.8. The molecular formula is C33H55NO6. The van der Waals surface area contributed by atoms with Gasteiger partial charge in [-0.15, -0.1) is 0 Å². The van der Waals surface area contributed by atoms with E-state index >= 15 is 0 Å². The van der Waals surface area contributed by atoms with Gasteiger partial charge in [0.1, 0.15) is 5.78 Å². The minimum atomic E-state index is -0.706. The van der Waals surface area contributed by atoms with E-state index in [9.17, 15) is 9.90 Å². The zero-order chi connectivity index (χ0) is 29.3. The van der Waals surface area contributed by atoms with Gasteiger partial charge in [-0.2, -0.15) is 0 Å². The number of Topliss-reactive ketones (excluding diaryl/α,β-unsaturated/α-hetero) is 1. The first-order valence-electron chi connectivity index (χ1n) is 15.5. The highest BCUT2D eigenvalue weighted by atomic mass is 16.6. The van der Waals surface area contributed by atoms with Crippen LogP contribution in [0.1, 0.15) is 84.6 Å². The maximum Gasteiger partial charge on any atom is 0.161 e. The van der Waals surface area contributed by atoms with Crippen LogP contribution in [0.4, 0.5) is 0 Å². The van der Waals surface area contributed by atoms with Crippen LogP contribution in [0.5, 0.6) is 11.5 Å². The van der Waals surface area contributed by atoms with Crippen LogP contribution in [-0.4, -0.2) is 62.7 Å². The van der Waals surface area contributed by atoms with Crippen molar-refractivity contribution >= 4 is 5.78 Å². The third-order valence-electron chi connectivity index (χ3n) is 9.26. The molecule has 40 heavy (non-hydrogen) atoms. The summed E-state index contributed by atoms with van der Waals surface area (Å²) < 4.78 is 22.2. The Kier molecular flexibility index (Phi) is 12.7. The minimum absolute atomic E-state index is 0.150. The van der Waals surface area contributed by atoms with E-state index in [1.54, 1.807) is 14.2 Å². The molecule has 1 aliphatic heterocycles. The van der Waals surface area contributed by atoms with Crippen molar-refractivity contribution in [2.75, 3.05) is 34.0 Å². The minimum Gasteiger partial charge on any atom is -0.493 e. The quantitative estimate of drug-likeness (QED) is 0.178. The van der Waals surface area contributed by atoms with E-state index < -0.39 is 6.10 Å². The van der Waals surface area contributed by atoms with Crippen LogP contribution in [0.15, 0.2) is 18.2 Å². The van der Waals surface area contributed by atoms with Crippen molar-refractivity contribution in [2.24, 2.45) is 35.3 Å². The van der Waals surface area contributed by atoms with Crippen molar-refractivity contribution in [3.63, 3.8) is 0 Å². The number of hydrogen-bond acceptors (Lipinski definition) is 7. The van der Waals surface area contributed by atoms with Crippen LogP contribution in [0, 0.1) is 29.6 Å². The third-order valence-corrected chi connectivity index (χ3v) is 9.26. The average molecular weight is 562 g/mol. The first-order valence-corrected chi connectivity index (χ1v) is 15.5. The zero-order valence-corrected chi connectivity index (χ0v) is 25.8. The Balaban J connectivity index is 1.56. The van der Waals surface area contributed by atoms with E-state index in [0.29, 0.717) is 50.1 Å². The number of hydrogen-bond donors (Lipinski definition) is 2. The lowest BCUT2D eigenvalue weighted by Gasteiger charge is -2.31. The second-order valence-electron chi connectivity index (χ2n) is 13.0. The fourth-order valence-corrected chi connectivity index (χ4v) is 6.19. The maximum absolute atomic E-state index is 13.3. The second kappa shape index (κ2) is 15.5. The molecule has 2 fully saturated rings. The molecule has 0 amide bonds. The Bertz CT molecular complexity index is 904. The molecule has 7 nitrogen and oxygen atoms in total. The summed E-state index contributed by atoms with van der Waals surface area (Å²) in [6.45, 7) is 10.7. The number of ketones is 1. The van der Waals surface area contributed by atoms with Crippen LogP contribution >= 0.6 is 0 Å². The van der Waals surface area contributed by atoms with E-state index in [-0.39, 0.29) is 35.2 Å². The maximum atomic E-state index is 13.3. The highest BCUT2D eigenvalue weighted by Crippen LogP contribution is 2.45. The molecule has 1 spiro atoms. The summed E-state index contributed by atoms with van der Waals surface area (Å²) in [6.07, 6.45) is 6.97. The molecule has 1 aromatic rings. The van der Waals surface area contributed by atoms with Crippen molar-refractivity contribution < 1.29 is 28.8 Å². The van der Waals surface area contributed by atoms with Crippen LogP contribution in [0.2, 0.25) is 0 Å². The molecule has 1 aromatic carbocycles. The van der Waals surface area contributed by atoms with Crippen LogP contribution in [-0.2, 0) is 20.7 Å². The smallest absolute Gasteiger partial charge is 0.161 e. The van der Waals surface area contributed by atoms with E-state index in [2.05, 4.69) is 39.8 Å². The molecule has 0 aromatic heterocycles. The molecule has 2 aliphatic rings. The number of benzene rings is 1. The molecule has 0 radical (unpaired) electrons. The Morgan fingerprint density at radius 3 is 2.35 bits per heavy atom. The number of aliphatic hydroxyl groups excluding tert-OH is 1. The molecule has 1 saturated heterocycles. The van der Waals surface area contributed by atoms with Crippen molar-refractivity contribution in [3.8, 4) is 11.5 Å². The number of epoxide rings is 1. The topological polar surface area (TPSA) is 104 Å². The highest BCUT2D eigenvalue weighted by molar-refractivity contribution is 5.81.